The molecule has 4 heteroatoms. The molecule has 1 atom stereocenters. The summed E-state index contributed by atoms with van der Waals surface area (Å²) in [6.45, 7) is 3.79. The van der Waals surface area contributed by atoms with E-state index in [1.807, 2.05) is 0 Å². The van der Waals surface area contributed by atoms with Crippen LogP contribution in [0.5, 0.6) is 0 Å². The van der Waals surface area contributed by atoms with Crippen LogP contribution in [-0.2, 0) is 9.47 Å². The third kappa shape index (κ3) is 4.07. The van der Waals surface area contributed by atoms with E-state index in [-0.39, 0.29) is 6.10 Å². The molecule has 1 aliphatic heterocycles. The number of morpholine rings is 1. The summed E-state index contributed by atoms with van der Waals surface area (Å²) < 4.78 is 10.7. The largest absolute Gasteiger partial charge is 0.375 e. The van der Waals surface area contributed by atoms with Crippen molar-refractivity contribution in [2.75, 3.05) is 32.9 Å². The van der Waals surface area contributed by atoms with Gasteiger partial charge < -0.3 is 14.8 Å². The number of hydrogen-bond donors (Lipinski definition) is 1. The van der Waals surface area contributed by atoms with Crippen LogP contribution in [0.25, 0.3) is 0 Å². The summed E-state index contributed by atoms with van der Waals surface area (Å²) in [6.07, 6.45) is 1.96. The minimum absolute atomic E-state index is 0.197. The standard InChI is InChI=1S/C8H14ClNO2/c9-2-1-4-11-7-8-6-10-3-5-12-8/h1-2,8,10H,3-7H2/b2-1+. The van der Waals surface area contributed by atoms with Gasteiger partial charge in [0.25, 0.3) is 0 Å². The first-order chi connectivity index (χ1) is 5.93. The Labute approximate surface area is 77.7 Å². The minimum Gasteiger partial charge on any atom is -0.375 e. The molecule has 12 heavy (non-hydrogen) atoms. The lowest BCUT2D eigenvalue weighted by Crippen LogP contribution is -2.41. The highest BCUT2D eigenvalue weighted by Crippen LogP contribution is 1.96. The van der Waals surface area contributed by atoms with Gasteiger partial charge in [0.05, 0.1) is 25.9 Å². The molecule has 1 rings (SSSR count). The zero-order valence-electron chi connectivity index (χ0n) is 6.96. The van der Waals surface area contributed by atoms with Gasteiger partial charge in [-0.05, 0) is 6.08 Å². The molecule has 1 N–H and O–H groups in total. The van der Waals surface area contributed by atoms with E-state index in [0.29, 0.717) is 13.2 Å². The Balaban J connectivity index is 1.97. The minimum atomic E-state index is 0.197. The topological polar surface area (TPSA) is 30.5 Å². The molecular weight excluding hydrogens is 178 g/mol. The number of rotatable bonds is 4. The van der Waals surface area contributed by atoms with Crippen molar-refractivity contribution in [3.63, 3.8) is 0 Å². The Kier molecular flexibility index (Phi) is 5.35. The Morgan fingerprint density at radius 1 is 1.67 bits per heavy atom. The van der Waals surface area contributed by atoms with E-state index in [4.69, 9.17) is 21.1 Å². The highest BCUT2D eigenvalue weighted by atomic mass is 35.5. The van der Waals surface area contributed by atoms with Crippen molar-refractivity contribution in [3.8, 4) is 0 Å². The van der Waals surface area contributed by atoms with Crippen molar-refractivity contribution < 1.29 is 9.47 Å². The first-order valence-corrected chi connectivity index (χ1v) is 4.52. The molecule has 1 aliphatic rings. The highest BCUT2D eigenvalue weighted by molar-refractivity contribution is 6.25. The second-order valence-electron chi connectivity index (χ2n) is 2.60. The Bertz CT molecular complexity index is 135. The highest BCUT2D eigenvalue weighted by Gasteiger charge is 2.12. The maximum atomic E-state index is 5.41. The summed E-state index contributed by atoms with van der Waals surface area (Å²) in [4.78, 5) is 0. The Hall–Kier alpha value is -0.0900. The van der Waals surface area contributed by atoms with Gasteiger partial charge in [0.15, 0.2) is 0 Å². The second kappa shape index (κ2) is 6.43. The van der Waals surface area contributed by atoms with Crippen molar-refractivity contribution in [3.05, 3.63) is 11.6 Å². The van der Waals surface area contributed by atoms with Crippen LogP contribution in [0.2, 0.25) is 0 Å². The molecule has 1 unspecified atom stereocenters. The summed E-state index contributed by atoms with van der Waals surface area (Å²) in [6, 6.07) is 0. The van der Waals surface area contributed by atoms with E-state index in [1.165, 1.54) is 5.54 Å². The van der Waals surface area contributed by atoms with Gasteiger partial charge in [0.1, 0.15) is 0 Å². The molecule has 3 nitrogen and oxygen atoms in total. The quantitative estimate of drug-likeness (QED) is 0.666. The van der Waals surface area contributed by atoms with Gasteiger partial charge in [-0.3, -0.25) is 0 Å². The van der Waals surface area contributed by atoms with E-state index in [9.17, 15) is 0 Å². The molecule has 0 aromatic rings. The van der Waals surface area contributed by atoms with Crippen LogP contribution in [0.4, 0.5) is 0 Å². The molecule has 70 valence electrons. The van der Waals surface area contributed by atoms with Crippen LogP contribution < -0.4 is 5.32 Å². The average molecular weight is 192 g/mol. The fourth-order valence-corrected chi connectivity index (χ4v) is 1.10. The molecule has 0 aromatic heterocycles. The van der Waals surface area contributed by atoms with Crippen LogP contribution in [-0.4, -0.2) is 39.0 Å². The zero-order valence-corrected chi connectivity index (χ0v) is 7.72. The number of halogens is 1. The number of nitrogens with one attached hydrogen (secondary N) is 1. The van der Waals surface area contributed by atoms with Gasteiger partial charge in [-0.15, -0.1) is 0 Å². The predicted molar refractivity (Wildman–Crippen MR) is 48.4 cm³/mol. The van der Waals surface area contributed by atoms with E-state index in [1.54, 1.807) is 6.08 Å². The summed E-state index contributed by atoms with van der Waals surface area (Å²) in [5.41, 5.74) is 1.46. The smallest absolute Gasteiger partial charge is 0.0933 e. The van der Waals surface area contributed by atoms with Gasteiger partial charge in [-0.1, -0.05) is 11.6 Å². The molecule has 1 fully saturated rings. The molecule has 0 spiro atoms. The first kappa shape index (κ1) is 9.99. The third-order valence-electron chi connectivity index (χ3n) is 1.61. The Morgan fingerprint density at radius 3 is 3.25 bits per heavy atom. The summed E-state index contributed by atoms with van der Waals surface area (Å²) >= 11 is 5.32. The van der Waals surface area contributed by atoms with Gasteiger partial charge in [0, 0.05) is 18.6 Å². The fourth-order valence-electron chi connectivity index (χ4n) is 1.03. The summed E-state index contributed by atoms with van der Waals surface area (Å²) in [5, 5.41) is 3.23. The maximum Gasteiger partial charge on any atom is 0.0933 e. The average Bonchev–Trinajstić information content (AvgIpc) is 2.14. The molecule has 1 saturated heterocycles. The van der Waals surface area contributed by atoms with Crippen molar-refractivity contribution in [2.45, 2.75) is 6.10 Å². The molecule has 0 aliphatic carbocycles. The SMILES string of the molecule is Cl/C=C/COCC1CNCCO1. The van der Waals surface area contributed by atoms with Gasteiger partial charge >= 0.3 is 0 Å². The van der Waals surface area contributed by atoms with Crippen LogP contribution in [0, 0.1) is 0 Å². The summed E-state index contributed by atoms with van der Waals surface area (Å²) in [5.74, 6) is 0. The van der Waals surface area contributed by atoms with Crippen molar-refractivity contribution in [1.29, 1.82) is 0 Å². The monoisotopic (exact) mass is 191 g/mol. The number of ether oxygens (including phenoxy) is 2. The predicted octanol–water partition coefficient (Wildman–Crippen LogP) is 0.744. The van der Waals surface area contributed by atoms with E-state index < -0.39 is 0 Å². The van der Waals surface area contributed by atoms with Crippen LogP contribution in [0.1, 0.15) is 0 Å². The molecule has 1 heterocycles. The van der Waals surface area contributed by atoms with Gasteiger partial charge in [0.2, 0.25) is 0 Å². The van der Waals surface area contributed by atoms with Crippen molar-refractivity contribution >= 4 is 11.6 Å². The van der Waals surface area contributed by atoms with Crippen LogP contribution in [0.3, 0.4) is 0 Å². The molecule has 0 amide bonds. The lowest BCUT2D eigenvalue weighted by Gasteiger charge is -2.22. The lowest BCUT2D eigenvalue weighted by atomic mass is 10.3. The first-order valence-electron chi connectivity index (χ1n) is 4.09. The van der Waals surface area contributed by atoms with Crippen molar-refractivity contribution in [1.82, 2.24) is 5.32 Å². The molecule has 0 aromatic carbocycles. The molecule has 0 radical (unpaired) electrons. The van der Waals surface area contributed by atoms with E-state index in [0.717, 1.165) is 19.7 Å². The second-order valence-corrected chi connectivity index (χ2v) is 2.85. The summed E-state index contributed by atoms with van der Waals surface area (Å²) in [7, 11) is 0. The molecular formula is C8H14ClNO2. The van der Waals surface area contributed by atoms with Gasteiger partial charge in [-0.2, -0.15) is 0 Å². The van der Waals surface area contributed by atoms with E-state index in [2.05, 4.69) is 5.32 Å². The van der Waals surface area contributed by atoms with Crippen LogP contribution >= 0.6 is 11.6 Å². The molecule has 0 bridgehead atoms. The van der Waals surface area contributed by atoms with Gasteiger partial charge in [-0.25, -0.2) is 0 Å². The number of hydrogen-bond acceptors (Lipinski definition) is 3. The van der Waals surface area contributed by atoms with Crippen LogP contribution in [0.15, 0.2) is 11.6 Å². The normalized spacial score (nSPS) is 24.9. The lowest BCUT2D eigenvalue weighted by molar-refractivity contribution is -0.0256. The molecule has 0 saturated carbocycles. The maximum absolute atomic E-state index is 5.41. The van der Waals surface area contributed by atoms with Crippen molar-refractivity contribution in [2.24, 2.45) is 0 Å². The third-order valence-corrected chi connectivity index (χ3v) is 1.79. The zero-order chi connectivity index (χ0) is 8.65. The Morgan fingerprint density at radius 2 is 2.58 bits per heavy atom. The fraction of sp³-hybridized carbons (Fsp3) is 0.750. The van der Waals surface area contributed by atoms with E-state index >= 15 is 0 Å².